The van der Waals surface area contributed by atoms with E-state index in [-0.39, 0.29) is 0 Å². The summed E-state index contributed by atoms with van der Waals surface area (Å²) >= 11 is -0.826. The Kier molecular flexibility index (Phi) is 8.28. The van der Waals surface area contributed by atoms with E-state index < -0.39 is 20.8 Å². The summed E-state index contributed by atoms with van der Waals surface area (Å²) in [5, 5.41) is 0. The van der Waals surface area contributed by atoms with Crippen molar-refractivity contribution >= 4 is 23.1 Å². The number of rotatable bonds is 4. The van der Waals surface area contributed by atoms with Crippen LogP contribution < -0.4 is 0 Å². The van der Waals surface area contributed by atoms with Crippen molar-refractivity contribution < 1.29 is 20.8 Å². The number of hydrogen-bond donors (Lipinski definition) is 0. The van der Waals surface area contributed by atoms with Gasteiger partial charge in [0.05, 0.1) is 0 Å². The van der Waals surface area contributed by atoms with Crippen molar-refractivity contribution in [2.45, 2.75) is 46.0 Å². The Morgan fingerprint density at radius 2 is 1.71 bits per heavy atom. The van der Waals surface area contributed by atoms with Gasteiger partial charge in [-0.3, -0.25) is 0 Å². The molecule has 0 nitrogen and oxygen atoms in total. The molecule has 3 rings (SSSR count). The number of benzene rings is 2. The molecule has 0 bridgehead atoms. The molecule has 24 heavy (non-hydrogen) atoms. The first-order valence-electron chi connectivity index (χ1n) is 8.52. The van der Waals surface area contributed by atoms with E-state index in [1.165, 1.54) is 34.2 Å². The van der Waals surface area contributed by atoms with Crippen molar-refractivity contribution in [2.24, 2.45) is 0 Å². The fraction of sp³-hybridized carbons (Fsp3) is 0.333. The monoisotopic (exact) mass is 436 g/mol. The van der Waals surface area contributed by atoms with Crippen LogP contribution in [0.3, 0.4) is 0 Å². The summed E-state index contributed by atoms with van der Waals surface area (Å²) in [5.41, 5.74) is 8.63. The molecule has 1 aliphatic carbocycles. The zero-order valence-electron chi connectivity index (χ0n) is 14.6. The van der Waals surface area contributed by atoms with Gasteiger partial charge in [0.2, 0.25) is 0 Å². The molecule has 1 unspecified atom stereocenters. The molecule has 126 valence electrons. The van der Waals surface area contributed by atoms with E-state index in [0.717, 1.165) is 12.8 Å². The zero-order chi connectivity index (χ0) is 17.5. The number of halogens is 2. The van der Waals surface area contributed by atoms with E-state index in [4.69, 9.17) is 17.0 Å². The van der Waals surface area contributed by atoms with E-state index in [1.54, 1.807) is 5.57 Å². The molecule has 2 aromatic rings. The van der Waals surface area contributed by atoms with Gasteiger partial charge in [0.15, 0.2) is 0 Å². The molecule has 0 aromatic heterocycles. The third kappa shape index (κ3) is 4.84. The molecule has 0 saturated heterocycles. The van der Waals surface area contributed by atoms with E-state index in [1.807, 2.05) is 0 Å². The van der Waals surface area contributed by atoms with Crippen molar-refractivity contribution in [3.05, 3.63) is 64.7 Å². The fourth-order valence-corrected chi connectivity index (χ4v) is 3.14. The van der Waals surface area contributed by atoms with E-state index >= 15 is 0 Å². The van der Waals surface area contributed by atoms with Gasteiger partial charge in [0.1, 0.15) is 0 Å². The zero-order valence-corrected chi connectivity index (χ0v) is 18.5. The maximum atomic E-state index is 4.93. The van der Waals surface area contributed by atoms with Gasteiger partial charge < -0.3 is 0 Å². The Morgan fingerprint density at radius 1 is 1.04 bits per heavy atom. The van der Waals surface area contributed by atoms with E-state index in [2.05, 4.69) is 69.3 Å². The number of hydrogen-bond acceptors (Lipinski definition) is 0. The molecule has 2 aromatic carbocycles. The van der Waals surface area contributed by atoms with Crippen LogP contribution in [-0.2, 0) is 27.3 Å². The Hall–Kier alpha value is -0.357. The van der Waals surface area contributed by atoms with Crippen LogP contribution >= 0.6 is 17.0 Å². The minimum absolute atomic E-state index is 0.645. The van der Waals surface area contributed by atoms with Crippen molar-refractivity contribution in [3.63, 3.8) is 0 Å². The van der Waals surface area contributed by atoms with Crippen LogP contribution in [0.25, 0.3) is 17.2 Å². The molecule has 1 aliphatic rings. The second-order valence-electron chi connectivity index (χ2n) is 6.21. The molecule has 1 atom stereocenters. The quantitative estimate of drug-likeness (QED) is 0.461. The Balaban J connectivity index is 0.000000647. The normalized spacial score (nSPS) is 13.5. The van der Waals surface area contributed by atoms with Crippen LogP contribution in [-0.4, -0.2) is 0 Å². The summed E-state index contributed by atoms with van der Waals surface area (Å²) in [6.45, 7) is 6.80. The summed E-state index contributed by atoms with van der Waals surface area (Å²) in [5.74, 6) is 0.645. The predicted octanol–water partition coefficient (Wildman–Crippen LogP) is 7.59. The Bertz CT molecular complexity index is 689. The van der Waals surface area contributed by atoms with E-state index in [9.17, 15) is 0 Å². The molecule has 0 aliphatic heterocycles. The molecule has 0 fully saturated rings. The second kappa shape index (κ2) is 9.95. The van der Waals surface area contributed by atoms with Crippen LogP contribution in [0.15, 0.2) is 48.0 Å². The van der Waals surface area contributed by atoms with Crippen LogP contribution in [0, 0.1) is 0 Å². The number of allylic oxidation sites excluding steroid dienone is 1. The third-order valence-corrected chi connectivity index (χ3v) is 4.82. The maximum absolute atomic E-state index is 4.93. The van der Waals surface area contributed by atoms with E-state index in [0.29, 0.717) is 5.92 Å². The van der Waals surface area contributed by atoms with Gasteiger partial charge in [-0.25, -0.2) is 0 Å². The van der Waals surface area contributed by atoms with Crippen molar-refractivity contribution in [1.82, 2.24) is 0 Å². The average Bonchev–Trinajstić information content (AvgIpc) is 3.05. The summed E-state index contributed by atoms with van der Waals surface area (Å²) in [4.78, 5) is 0. The average molecular weight is 439 g/mol. The van der Waals surface area contributed by atoms with Crippen molar-refractivity contribution in [3.8, 4) is 11.1 Å². The van der Waals surface area contributed by atoms with Crippen LogP contribution in [0.5, 0.6) is 0 Å². The summed E-state index contributed by atoms with van der Waals surface area (Å²) in [6.07, 6.45) is 5.88. The molecule has 3 heteroatoms. The Morgan fingerprint density at radius 3 is 2.29 bits per heavy atom. The molecular formula is C21H24Cl2Zr. The summed E-state index contributed by atoms with van der Waals surface area (Å²) in [6, 6.07) is 15.9. The first-order chi connectivity index (χ1) is 11.6. The third-order valence-electron chi connectivity index (χ3n) is 4.82. The van der Waals surface area contributed by atoms with Crippen LogP contribution in [0.2, 0.25) is 0 Å². The molecular weight excluding hydrogens is 414 g/mol. The Labute approximate surface area is 164 Å². The van der Waals surface area contributed by atoms with Crippen LogP contribution in [0.4, 0.5) is 0 Å². The van der Waals surface area contributed by atoms with Crippen molar-refractivity contribution in [1.29, 1.82) is 0 Å². The first kappa shape index (κ1) is 20.0. The topological polar surface area (TPSA) is 0 Å². The molecule has 0 amide bonds. The van der Waals surface area contributed by atoms with Gasteiger partial charge in [0, 0.05) is 0 Å². The fourth-order valence-electron chi connectivity index (χ4n) is 3.14. The van der Waals surface area contributed by atoms with Gasteiger partial charge in [-0.05, 0) is 53.0 Å². The summed E-state index contributed by atoms with van der Waals surface area (Å²) in [7, 11) is 9.87. The van der Waals surface area contributed by atoms with Gasteiger partial charge in [-0.2, -0.15) is 0 Å². The molecule has 0 saturated carbocycles. The predicted molar refractivity (Wildman–Crippen MR) is 104 cm³/mol. The standard InChI is InChI=1S/C21H24.2ClH.Zr/c1-4-15(3)17-9-11-18(12-10-17)20-8-6-7-19-13-16(5-2)14-21(19)20;;;/h6-12,14-15H,4-5,13H2,1-3H3;2*1H;/q;;;+2/p-2. The second-order valence-corrected chi connectivity index (χ2v) is 9.95. The minimum atomic E-state index is -0.826. The van der Waals surface area contributed by atoms with Gasteiger partial charge >= 0.3 is 37.9 Å². The molecule has 0 N–H and O–H groups in total. The molecule has 0 spiro atoms. The van der Waals surface area contributed by atoms with Gasteiger partial charge in [-0.15, -0.1) is 0 Å². The van der Waals surface area contributed by atoms with Crippen molar-refractivity contribution in [2.75, 3.05) is 0 Å². The number of fused-ring (bicyclic) bond motifs is 1. The van der Waals surface area contributed by atoms with Crippen LogP contribution in [0.1, 0.15) is 56.2 Å². The molecule has 0 heterocycles. The van der Waals surface area contributed by atoms with Gasteiger partial charge in [0.25, 0.3) is 0 Å². The molecule has 0 radical (unpaired) electrons. The first-order valence-corrected chi connectivity index (χ1v) is 14.9. The summed E-state index contributed by atoms with van der Waals surface area (Å²) < 4.78 is 0. The SMILES string of the molecule is CCC1=Cc2c(cccc2-c2ccc(C(C)CC)cc2)C1.[Cl][Zr][Cl]. The van der Waals surface area contributed by atoms with Gasteiger partial charge in [-0.1, -0.05) is 74.9 Å².